The number of anilines is 1. The number of aryl methyl sites for hydroxylation is 2. The summed E-state index contributed by atoms with van der Waals surface area (Å²) in [5.74, 6) is -0.327. The van der Waals surface area contributed by atoms with Crippen LogP contribution in [-0.4, -0.2) is 16.6 Å². The maximum atomic E-state index is 12.8. The number of carbonyl (C=O) groups is 1. The molecule has 2 aromatic carbocycles. The first-order valence-electron chi connectivity index (χ1n) is 8.20. The monoisotopic (exact) mass is 390 g/mol. The van der Waals surface area contributed by atoms with E-state index in [0.717, 1.165) is 39.2 Å². The lowest BCUT2D eigenvalue weighted by Crippen LogP contribution is -2.15. The van der Waals surface area contributed by atoms with Crippen LogP contribution in [0, 0.1) is 13.8 Å². The Morgan fingerprint density at radius 1 is 1.11 bits per heavy atom. The second-order valence-corrected chi connectivity index (χ2v) is 7.19. The van der Waals surface area contributed by atoms with Crippen LogP contribution in [0.5, 0.6) is 0 Å². The van der Waals surface area contributed by atoms with Gasteiger partial charge in [-0.15, -0.1) is 0 Å². The average molecular weight is 390 g/mol. The summed E-state index contributed by atoms with van der Waals surface area (Å²) >= 11 is 1.26. The number of aromatic nitrogens is 1. The Balaban J connectivity index is 1.69. The molecule has 0 spiro atoms. The summed E-state index contributed by atoms with van der Waals surface area (Å²) in [7, 11) is 0. The molecule has 0 bridgehead atoms. The fraction of sp³-hybridized carbons (Fsp3) is 0.200. The third-order valence-corrected chi connectivity index (χ3v) is 5.02. The third-order valence-electron chi connectivity index (χ3n) is 3.93. The summed E-state index contributed by atoms with van der Waals surface area (Å²) in [6, 6.07) is 12.6. The lowest BCUT2D eigenvalue weighted by Gasteiger charge is -2.10. The zero-order valence-electron chi connectivity index (χ0n) is 14.7. The molecule has 0 aliphatic carbocycles. The Hall–Kier alpha value is -2.54. The summed E-state index contributed by atoms with van der Waals surface area (Å²) in [5.41, 5.74) is 2.21. The third kappa shape index (κ3) is 4.80. The molecule has 0 saturated carbocycles. The van der Waals surface area contributed by atoms with Crippen molar-refractivity contribution in [3.05, 3.63) is 65.2 Å². The largest absolute Gasteiger partial charge is 0.416 e. The number of nitrogens with one attached hydrogen (secondary N) is 1. The fourth-order valence-electron chi connectivity index (χ4n) is 2.62. The molecule has 0 saturated heterocycles. The topological polar surface area (TPSA) is 42.0 Å². The fourth-order valence-corrected chi connectivity index (χ4v) is 3.40. The van der Waals surface area contributed by atoms with Gasteiger partial charge < -0.3 is 5.32 Å². The SMILES string of the molecule is Cc1ccc2cc(C)c(SCC(=O)Nc3cccc(C(F)(F)F)c3)nc2c1. The second kappa shape index (κ2) is 7.60. The van der Waals surface area contributed by atoms with Gasteiger partial charge in [0.25, 0.3) is 0 Å². The maximum absolute atomic E-state index is 12.8. The number of hydrogen-bond donors (Lipinski definition) is 1. The molecule has 0 aliphatic heterocycles. The van der Waals surface area contributed by atoms with E-state index in [1.807, 2.05) is 38.1 Å². The van der Waals surface area contributed by atoms with E-state index in [9.17, 15) is 18.0 Å². The van der Waals surface area contributed by atoms with Gasteiger partial charge in [0.05, 0.1) is 16.8 Å². The summed E-state index contributed by atoms with van der Waals surface area (Å²) in [6.45, 7) is 3.90. The molecule has 3 rings (SSSR count). The average Bonchev–Trinajstić information content (AvgIpc) is 2.60. The number of fused-ring (bicyclic) bond motifs is 1. The normalized spacial score (nSPS) is 11.6. The molecule has 27 heavy (non-hydrogen) atoms. The van der Waals surface area contributed by atoms with Crippen LogP contribution in [0.3, 0.4) is 0 Å². The quantitative estimate of drug-likeness (QED) is 0.590. The van der Waals surface area contributed by atoms with Gasteiger partial charge in [-0.3, -0.25) is 4.79 Å². The number of thioether (sulfide) groups is 1. The van der Waals surface area contributed by atoms with Crippen LogP contribution < -0.4 is 5.32 Å². The van der Waals surface area contributed by atoms with Gasteiger partial charge in [0.1, 0.15) is 5.03 Å². The molecule has 1 heterocycles. The van der Waals surface area contributed by atoms with Crippen molar-refractivity contribution < 1.29 is 18.0 Å². The Labute approximate surface area is 159 Å². The van der Waals surface area contributed by atoms with Crippen LogP contribution in [0.2, 0.25) is 0 Å². The highest BCUT2D eigenvalue weighted by Gasteiger charge is 2.30. The van der Waals surface area contributed by atoms with Crippen LogP contribution in [-0.2, 0) is 11.0 Å². The number of benzene rings is 2. The number of pyridine rings is 1. The van der Waals surface area contributed by atoms with Crippen molar-refractivity contribution in [3.8, 4) is 0 Å². The lowest BCUT2D eigenvalue weighted by molar-refractivity contribution is -0.137. The number of hydrogen-bond acceptors (Lipinski definition) is 3. The molecule has 0 atom stereocenters. The molecule has 0 aliphatic rings. The Bertz CT molecular complexity index is 1000. The van der Waals surface area contributed by atoms with Crippen LogP contribution >= 0.6 is 11.8 Å². The molecular weight excluding hydrogens is 373 g/mol. The van der Waals surface area contributed by atoms with Gasteiger partial charge in [-0.1, -0.05) is 30.0 Å². The Morgan fingerprint density at radius 3 is 2.63 bits per heavy atom. The van der Waals surface area contributed by atoms with Crippen molar-refractivity contribution in [1.29, 1.82) is 0 Å². The van der Waals surface area contributed by atoms with Crippen molar-refractivity contribution in [1.82, 2.24) is 4.98 Å². The van der Waals surface area contributed by atoms with E-state index in [1.165, 1.54) is 23.9 Å². The molecule has 0 fully saturated rings. The first-order chi connectivity index (χ1) is 12.7. The van der Waals surface area contributed by atoms with Gasteiger partial charge in [-0.05, 0) is 55.3 Å². The summed E-state index contributed by atoms with van der Waals surface area (Å²) in [6.07, 6.45) is -4.44. The van der Waals surface area contributed by atoms with Gasteiger partial charge in [0.2, 0.25) is 5.91 Å². The standard InChI is InChI=1S/C20H17F3N2OS/c1-12-6-7-14-9-13(2)19(25-17(14)8-12)27-11-18(26)24-16-5-3-4-15(10-16)20(21,22)23/h3-10H,11H2,1-2H3,(H,24,26). The predicted octanol–water partition coefficient (Wildman–Crippen LogP) is 5.60. The molecule has 1 aromatic heterocycles. The molecular formula is C20H17F3N2OS. The Morgan fingerprint density at radius 2 is 1.89 bits per heavy atom. The molecule has 3 nitrogen and oxygen atoms in total. The van der Waals surface area contributed by atoms with E-state index >= 15 is 0 Å². The molecule has 7 heteroatoms. The van der Waals surface area contributed by atoms with Gasteiger partial charge >= 0.3 is 6.18 Å². The van der Waals surface area contributed by atoms with E-state index in [1.54, 1.807) is 0 Å². The van der Waals surface area contributed by atoms with E-state index in [4.69, 9.17) is 0 Å². The van der Waals surface area contributed by atoms with Crippen molar-refractivity contribution in [2.75, 3.05) is 11.1 Å². The molecule has 0 radical (unpaired) electrons. The van der Waals surface area contributed by atoms with E-state index in [2.05, 4.69) is 10.3 Å². The minimum Gasteiger partial charge on any atom is -0.325 e. The number of nitrogens with zero attached hydrogens (tertiary/aromatic N) is 1. The van der Waals surface area contributed by atoms with Crippen LogP contribution in [0.25, 0.3) is 10.9 Å². The van der Waals surface area contributed by atoms with E-state index < -0.39 is 11.7 Å². The first-order valence-corrected chi connectivity index (χ1v) is 9.19. The highest BCUT2D eigenvalue weighted by Crippen LogP contribution is 2.31. The second-order valence-electron chi connectivity index (χ2n) is 6.22. The zero-order valence-corrected chi connectivity index (χ0v) is 15.5. The van der Waals surface area contributed by atoms with Crippen LogP contribution in [0.4, 0.5) is 18.9 Å². The summed E-state index contributed by atoms with van der Waals surface area (Å²) < 4.78 is 38.3. The van der Waals surface area contributed by atoms with Gasteiger partial charge in [0.15, 0.2) is 0 Å². The van der Waals surface area contributed by atoms with Crippen molar-refractivity contribution in [2.45, 2.75) is 25.0 Å². The highest BCUT2D eigenvalue weighted by molar-refractivity contribution is 8.00. The Kier molecular flexibility index (Phi) is 5.41. The number of alkyl halides is 3. The highest BCUT2D eigenvalue weighted by atomic mass is 32.2. The van der Waals surface area contributed by atoms with Gasteiger partial charge in [-0.25, -0.2) is 4.98 Å². The molecule has 1 N–H and O–H groups in total. The van der Waals surface area contributed by atoms with E-state index in [-0.39, 0.29) is 17.3 Å². The van der Waals surface area contributed by atoms with Gasteiger partial charge in [-0.2, -0.15) is 13.2 Å². The van der Waals surface area contributed by atoms with Crippen molar-refractivity contribution >= 4 is 34.3 Å². The number of rotatable bonds is 4. The summed E-state index contributed by atoms with van der Waals surface area (Å²) in [4.78, 5) is 16.7. The molecule has 140 valence electrons. The van der Waals surface area contributed by atoms with Gasteiger partial charge in [0, 0.05) is 11.1 Å². The van der Waals surface area contributed by atoms with Crippen molar-refractivity contribution in [2.24, 2.45) is 0 Å². The molecule has 0 unspecified atom stereocenters. The minimum absolute atomic E-state index is 0.0570. The lowest BCUT2D eigenvalue weighted by atomic mass is 10.1. The number of carbonyl (C=O) groups excluding carboxylic acids is 1. The first kappa shape index (κ1) is 19.2. The smallest absolute Gasteiger partial charge is 0.325 e. The minimum atomic E-state index is -4.44. The van der Waals surface area contributed by atoms with Crippen molar-refractivity contribution in [3.63, 3.8) is 0 Å². The zero-order chi connectivity index (χ0) is 19.6. The predicted molar refractivity (Wildman–Crippen MR) is 102 cm³/mol. The molecule has 1 amide bonds. The number of amides is 1. The van der Waals surface area contributed by atoms with E-state index in [0.29, 0.717) is 0 Å². The summed E-state index contributed by atoms with van der Waals surface area (Å²) in [5, 5.41) is 4.26. The number of halogens is 3. The molecule has 3 aromatic rings. The maximum Gasteiger partial charge on any atom is 0.416 e. The van der Waals surface area contributed by atoms with Crippen LogP contribution in [0.15, 0.2) is 53.6 Å². The van der Waals surface area contributed by atoms with Crippen LogP contribution in [0.1, 0.15) is 16.7 Å².